The Morgan fingerprint density at radius 1 is 1.17 bits per heavy atom. The summed E-state index contributed by atoms with van der Waals surface area (Å²) in [6.07, 6.45) is -0.735. The minimum absolute atomic E-state index is 0.164. The monoisotopic (exact) mass is 374 g/mol. The van der Waals surface area contributed by atoms with Crippen molar-refractivity contribution in [1.82, 2.24) is 5.32 Å². The highest BCUT2D eigenvalue weighted by atomic mass is 79.9. The predicted molar refractivity (Wildman–Crippen MR) is 90.7 cm³/mol. The van der Waals surface area contributed by atoms with Gasteiger partial charge in [0, 0.05) is 11.5 Å². The molecule has 0 fully saturated rings. The van der Waals surface area contributed by atoms with E-state index in [1.165, 1.54) is 0 Å². The number of ether oxygens (including phenoxy) is 1. The summed E-state index contributed by atoms with van der Waals surface area (Å²) in [5, 5.41) is 2.56. The summed E-state index contributed by atoms with van der Waals surface area (Å²) in [4.78, 5) is 26.5. The number of para-hydroxylation sites is 2. The van der Waals surface area contributed by atoms with E-state index in [9.17, 15) is 9.59 Å². The normalized spacial score (nSPS) is 16.3. The van der Waals surface area contributed by atoms with Crippen molar-refractivity contribution in [2.45, 2.75) is 6.10 Å². The van der Waals surface area contributed by atoms with Crippen LogP contribution in [0.1, 0.15) is 10.4 Å². The van der Waals surface area contributed by atoms with Gasteiger partial charge in [0.2, 0.25) is 0 Å². The Morgan fingerprint density at radius 2 is 1.87 bits per heavy atom. The number of benzene rings is 2. The van der Waals surface area contributed by atoms with E-state index in [1.807, 2.05) is 30.3 Å². The zero-order valence-corrected chi connectivity index (χ0v) is 14.0. The van der Waals surface area contributed by atoms with Crippen LogP contribution in [0.3, 0.4) is 0 Å². The molecular weight excluding hydrogens is 360 g/mol. The second kappa shape index (κ2) is 6.42. The third-order valence-electron chi connectivity index (χ3n) is 3.66. The van der Waals surface area contributed by atoms with Crippen molar-refractivity contribution in [3.63, 3.8) is 0 Å². The van der Waals surface area contributed by atoms with Crippen molar-refractivity contribution in [3.05, 3.63) is 58.6 Å². The van der Waals surface area contributed by atoms with Gasteiger partial charge in [-0.15, -0.1) is 0 Å². The van der Waals surface area contributed by atoms with E-state index in [-0.39, 0.29) is 18.4 Å². The second-order valence-corrected chi connectivity index (χ2v) is 5.94. The molecule has 1 atom stereocenters. The summed E-state index contributed by atoms with van der Waals surface area (Å²) in [6, 6.07) is 14.4. The number of carbonyl (C=O) groups excluding carboxylic acids is 2. The van der Waals surface area contributed by atoms with E-state index in [2.05, 4.69) is 21.2 Å². The SMILES string of the molecule is CNC(=O)C1CN(C(=O)c2ccccc2Br)c2ccccc2O1. The quantitative estimate of drug-likeness (QED) is 0.878. The Kier molecular flexibility index (Phi) is 4.34. The van der Waals surface area contributed by atoms with E-state index >= 15 is 0 Å². The summed E-state index contributed by atoms with van der Waals surface area (Å²) in [5.41, 5.74) is 1.20. The number of fused-ring (bicyclic) bond motifs is 1. The van der Waals surface area contributed by atoms with Crippen LogP contribution in [0.25, 0.3) is 0 Å². The van der Waals surface area contributed by atoms with Gasteiger partial charge in [-0.05, 0) is 40.2 Å². The van der Waals surface area contributed by atoms with E-state index in [1.54, 1.807) is 30.1 Å². The minimum atomic E-state index is -0.735. The van der Waals surface area contributed by atoms with Gasteiger partial charge in [0.05, 0.1) is 17.8 Å². The third kappa shape index (κ3) is 2.94. The number of likely N-dealkylation sites (N-methyl/N-ethyl adjacent to an activating group) is 1. The Morgan fingerprint density at radius 3 is 2.61 bits per heavy atom. The molecule has 0 radical (unpaired) electrons. The Balaban J connectivity index is 2.01. The highest BCUT2D eigenvalue weighted by Gasteiger charge is 2.34. The molecule has 1 heterocycles. The smallest absolute Gasteiger partial charge is 0.262 e. The van der Waals surface area contributed by atoms with Gasteiger partial charge in [0.15, 0.2) is 6.10 Å². The maximum Gasteiger partial charge on any atom is 0.262 e. The van der Waals surface area contributed by atoms with Crippen LogP contribution < -0.4 is 15.0 Å². The number of hydrogen-bond donors (Lipinski definition) is 1. The lowest BCUT2D eigenvalue weighted by Crippen LogP contribution is -2.50. The molecule has 1 N–H and O–H groups in total. The maximum atomic E-state index is 12.9. The first-order valence-corrected chi connectivity index (χ1v) is 7.95. The van der Waals surface area contributed by atoms with Crippen LogP contribution in [-0.2, 0) is 4.79 Å². The first kappa shape index (κ1) is 15.6. The number of hydrogen-bond acceptors (Lipinski definition) is 3. The average molecular weight is 375 g/mol. The Hall–Kier alpha value is -2.34. The molecule has 6 heteroatoms. The zero-order chi connectivity index (χ0) is 16.4. The predicted octanol–water partition coefficient (Wildman–Crippen LogP) is 2.60. The van der Waals surface area contributed by atoms with E-state index in [0.717, 1.165) is 0 Å². The molecule has 0 saturated carbocycles. The van der Waals surface area contributed by atoms with Gasteiger partial charge in [-0.1, -0.05) is 24.3 Å². The molecule has 1 aliphatic heterocycles. The number of carbonyl (C=O) groups is 2. The summed E-state index contributed by atoms with van der Waals surface area (Å²) in [6.45, 7) is 0.164. The first-order chi connectivity index (χ1) is 11.1. The summed E-state index contributed by atoms with van der Waals surface area (Å²) < 4.78 is 6.43. The second-order valence-electron chi connectivity index (χ2n) is 5.08. The van der Waals surface area contributed by atoms with Gasteiger partial charge < -0.3 is 15.0 Å². The third-order valence-corrected chi connectivity index (χ3v) is 4.35. The molecular formula is C17H15BrN2O3. The fourth-order valence-corrected chi connectivity index (χ4v) is 2.96. The lowest BCUT2D eigenvalue weighted by Gasteiger charge is -2.34. The van der Waals surface area contributed by atoms with Gasteiger partial charge in [-0.25, -0.2) is 0 Å². The highest BCUT2D eigenvalue weighted by Crippen LogP contribution is 2.34. The van der Waals surface area contributed by atoms with Crippen LogP contribution in [0.15, 0.2) is 53.0 Å². The van der Waals surface area contributed by atoms with Crippen molar-refractivity contribution in [2.75, 3.05) is 18.5 Å². The maximum absolute atomic E-state index is 12.9. The number of nitrogens with one attached hydrogen (secondary N) is 1. The molecule has 0 bridgehead atoms. The van der Waals surface area contributed by atoms with Gasteiger partial charge in [0.25, 0.3) is 11.8 Å². The number of halogens is 1. The molecule has 2 amide bonds. The Bertz CT molecular complexity index is 763. The largest absolute Gasteiger partial charge is 0.477 e. The van der Waals surface area contributed by atoms with Gasteiger partial charge in [0.1, 0.15) is 5.75 Å². The topological polar surface area (TPSA) is 58.6 Å². The van der Waals surface area contributed by atoms with Crippen molar-refractivity contribution in [2.24, 2.45) is 0 Å². The molecule has 2 aromatic carbocycles. The highest BCUT2D eigenvalue weighted by molar-refractivity contribution is 9.10. The molecule has 5 nitrogen and oxygen atoms in total. The summed E-state index contributed by atoms with van der Waals surface area (Å²) in [5.74, 6) is 0.0827. The van der Waals surface area contributed by atoms with Crippen LogP contribution in [0.5, 0.6) is 5.75 Å². The molecule has 23 heavy (non-hydrogen) atoms. The molecule has 0 spiro atoms. The average Bonchev–Trinajstić information content (AvgIpc) is 2.60. The van der Waals surface area contributed by atoms with Crippen LogP contribution in [0.4, 0.5) is 5.69 Å². The first-order valence-electron chi connectivity index (χ1n) is 7.15. The zero-order valence-electron chi connectivity index (χ0n) is 12.5. The van der Waals surface area contributed by atoms with Crippen LogP contribution >= 0.6 is 15.9 Å². The van der Waals surface area contributed by atoms with Crippen molar-refractivity contribution >= 4 is 33.4 Å². The van der Waals surface area contributed by atoms with Crippen LogP contribution in [0.2, 0.25) is 0 Å². The standard InChI is InChI=1S/C17H15BrN2O3/c1-19-16(21)15-10-20(13-8-4-5-9-14(13)23-15)17(22)11-6-2-3-7-12(11)18/h2-9,15H,10H2,1H3,(H,19,21). The number of anilines is 1. The summed E-state index contributed by atoms with van der Waals surface area (Å²) in [7, 11) is 1.55. The number of amides is 2. The fraction of sp³-hybridized carbons (Fsp3) is 0.176. The molecule has 0 saturated heterocycles. The minimum Gasteiger partial charge on any atom is -0.477 e. The molecule has 1 unspecified atom stereocenters. The van der Waals surface area contributed by atoms with Gasteiger partial charge in [-0.3, -0.25) is 9.59 Å². The summed E-state index contributed by atoms with van der Waals surface area (Å²) >= 11 is 3.40. The molecule has 118 valence electrons. The lowest BCUT2D eigenvalue weighted by molar-refractivity contribution is -0.127. The number of rotatable bonds is 2. The molecule has 1 aliphatic rings. The lowest BCUT2D eigenvalue weighted by atomic mass is 10.1. The van der Waals surface area contributed by atoms with Crippen molar-refractivity contribution in [3.8, 4) is 5.75 Å². The number of nitrogens with zero attached hydrogens (tertiary/aromatic N) is 1. The van der Waals surface area contributed by atoms with E-state index in [4.69, 9.17) is 4.74 Å². The molecule has 3 rings (SSSR count). The van der Waals surface area contributed by atoms with Gasteiger partial charge >= 0.3 is 0 Å². The molecule has 2 aromatic rings. The van der Waals surface area contributed by atoms with E-state index < -0.39 is 6.10 Å². The molecule has 0 aromatic heterocycles. The van der Waals surface area contributed by atoms with Crippen molar-refractivity contribution in [1.29, 1.82) is 0 Å². The van der Waals surface area contributed by atoms with Gasteiger partial charge in [-0.2, -0.15) is 0 Å². The fourth-order valence-electron chi connectivity index (χ4n) is 2.50. The van der Waals surface area contributed by atoms with Crippen LogP contribution in [-0.4, -0.2) is 31.5 Å². The molecule has 0 aliphatic carbocycles. The van der Waals surface area contributed by atoms with E-state index in [0.29, 0.717) is 21.5 Å². The Labute approximate surface area is 142 Å². The van der Waals surface area contributed by atoms with Crippen LogP contribution in [0, 0.1) is 0 Å². The van der Waals surface area contributed by atoms with Crippen molar-refractivity contribution < 1.29 is 14.3 Å².